The third-order valence-corrected chi connectivity index (χ3v) is 4.80. The van der Waals surface area contributed by atoms with Gasteiger partial charge in [-0.05, 0) is 62.1 Å². The lowest BCUT2D eigenvalue weighted by atomic mass is 10.1. The van der Waals surface area contributed by atoms with Gasteiger partial charge in [0.2, 0.25) is 0 Å². The van der Waals surface area contributed by atoms with Crippen molar-refractivity contribution in [1.82, 2.24) is 5.32 Å². The lowest BCUT2D eigenvalue weighted by Crippen LogP contribution is -2.37. The zero-order valence-electron chi connectivity index (χ0n) is 17.0. The van der Waals surface area contributed by atoms with Crippen LogP contribution in [0.15, 0.2) is 48.5 Å². The van der Waals surface area contributed by atoms with Crippen molar-refractivity contribution in [3.8, 4) is 5.75 Å². The van der Waals surface area contributed by atoms with Crippen LogP contribution in [0, 0.1) is 0 Å². The molecule has 0 fully saturated rings. The summed E-state index contributed by atoms with van der Waals surface area (Å²) in [5.74, 6) is 0.655. The number of carbonyl (C=O) groups excluding carboxylic acids is 1. The number of rotatable bonds is 10. The van der Waals surface area contributed by atoms with E-state index in [0.29, 0.717) is 13.0 Å². The molecule has 0 aliphatic rings. The number of carbonyl (C=O) groups is 1. The fourth-order valence-corrected chi connectivity index (χ4v) is 3.01. The van der Waals surface area contributed by atoms with Gasteiger partial charge >= 0.3 is 0 Å². The fraction of sp³-hybridized carbons (Fsp3) is 0.435. The zero-order chi connectivity index (χ0) is 19.6. The molecule has 0 saturated heterocycles. The lowest BCUT2D eigenvalue weighted by molar-refractivity contribution is -0.128. The van der Waals surface area contributed by atoms with Gasteiger partial charge in [0.05, 0.1) is 0 Å². The molecule has 146 valence electrons. The molecule has 0 saturated carbocycles. The van der Waals surface area contributed by atoms with E-state index < -0.39 is 6.10 Å². The number of ether oxygens (including phenoxy) is 1. The summed E-state index contributed by atoms with van der Waals surface area (Å²) in [4.78, 5) is 14.8. The average Bonchev–Trinajstić information content (AvgIpc) is 2.72. The number of hydrogen-bond donors (Lipinski definition) is 1. The summed E-state index contributed by atoms with van der Waals surface area (Å²) in [6.07, 6.45) is 1.14. The molecule has 2 aromatic carbocycles. The first-order valence-corrected chi connectivity index (χ1v) is 9.98. The van der Waals surface area contributed by atoms with Crippen molar-refractivity contribution >= 4 is 11.6 Å². The Hall–Kier alpha value is -2.49. The molecular formula is C23H32N2O2. The normalized spacial score (nSPS) is 11.7. The van der Waals surface area contributed by atoms with E-state index in [9.17, 15) is 4.79 Å². The van der Waals surface area contributed by atoms with E-state index in [2.05, 4.69) is 55.3 Å². The van der Waals surface area contributed by atoms with Crippen molar-refractivity contribution in [3.05, 3.63) is 59.7 Å². The average molecular weight is 369 g/mol. The molecule has 0 heterocycles. The van der Waals surface area contributed by atoms with Gasteiger partial charge in [0.15, 0.2) is 6.10 Å². The van der Waals surface area contributed by atoms with Crippen LogP contribution in [0.25, 0.3) is 0 Å². The smallest absolute Gasteiger partial charge is 0.261 e. The second-order valence-electron chi connectivity index (χ2n) is 6.57. The summed E-state index contributed by atoms with van der Waals surface area (Å²) < 4.78 is 5.87. The summed E-state index contributed by atoms with van der Waals surface area (Å²) in [5.41, 5.74) is 3.55. The highest BCUT2D eigenvalue weighted by molar-refractivity contribution is 5.81. The van der Waals surface area contributed by atoms with Gasteiger partial charge in [-0.2, -0.15) is 0 Å². The van der Waals surface area contributed by atoms with Crippen molar-refractivity contribution in [3.63, 3.8) is 0 Å². The van der Waals surface area contributed by atoms with E-state index in [1.54, 1.807) is 0 Å². The number of aryl methyl sites for hydroxylation is 1. The molecule has 0 bridgehead atoms. The molecule has 0 spiro atoms. The highest BCUT2D eigenvalue weighted by Crippen LogP contribution is 2.17. The molecule has 1 amide bonds. The highest BCUT2D eigenvalue weighted by atomic mass is 16.5. The SMILES string of the molecule is CCc1ccc(OC(CC)C(=O)NCc2ccc(N(CC)CC)cc2)cc1. The minimum absolute atomic E-state index is 0.0788. The van der Waals surface area contributed by atoms with Crippen LogP contribution in [0.5, 0.6) is 5.75 Å². The third kappa shape index (κ3) is 6.02. The fourth-order valence-electron chi connectivity index (χ4n) is 3.01. The second kappa shape index (κ2) is 10.6. The molecule has 1 atom stereocenters. The van der Waals surface area contributed by atoms with Crippen molar-refractivity contribution < 1.29 is 9.53 Å². The van der Waals surface area contributed by atoms with Gasteiger partial charge in [-0.3, -0.25) is 4.79 Å². The molecule has 4 nitrogen and oxygen atoms in total. The van der Waals surface area contributed by atoms with Gasteiger partial charge in [-0.25, -0.2) is 0 Å². The van der Waals surface area contributed by atoms with Gasteiger partial charge in [-0.15, -0.1) is 0 Å². The summed E-state index contributed by atoms with van der Waals surface area (Å²) >= 11 is 0. The minimum atomic E-state index is -0.479. The Labute approximate surface area is 163 Å². The predicted octanol–water partition coefficient (Wildman–Crippen LogP) is 4.57. The second-order valence-corrected chi connectivity index (χ2v) is 6.57. The van der Waals surface area contributed by atoms with Crippen molar-refractivity contribution in [1.29, 1.82) is 0 Å². The standard InChI is InChI=1S/C23H32N2O2/c1-5-18-11-15-21(16-12-18)27-22(6-2)23(26)24-17-19-9-13-20(14-10-19)25(7-3)8-4/h9-16,22H,5-8,17H2,1-4H3,(H,24,26). The van der Waals surface area contributed by atoms with Crippen LogP contribution in [-0.2, 0) is 17.8 Å². The predicted molar refractivity (Wildman–Crippen MR) is 112 cm³/mol. The van der Waals surface area contributed by atoms with E-state index >= 15 is 0 Å². The van der Waals surface area contributed by atoms with Crippen molar-refractivity contribution in [2.45, 2.75) is 53.2 Å². The zero-order valence-corrected chi connectivity index (χ0v) is 17.0. The molecule has 0 aliphatic carbocycles. The van der Waals surface area contributed by atoms with Crippen LogP contribution >= 0.6 is 0 Å². The Bertz CT molecular complexity index is 691. The Balaban J connectivity index is 1.90. The summed E-state index contributed by atoms with van der Waals surface area (Å²) in [7, 11) is 0. The van der Waals surface area contributed by atoms with Crippen LogP contribution in [0.3, 0.4) is 0 Å². The monoisotopic (exact) mass is 368 g/mol. The van der Waals surface area contributed by atoms with Gasteiger partial charge in [0.1, 0.15) is 5.75 Å². The minimum Gasteiger partial charge on any atom is -0.481 e. The van der Waals surface area contributed by atoms with E-state index in [1.807, 2.05) is 31.2 Å². The highest BCUT2D eigenvalue weighted by Gasteiger charge is 2.18. The molecule has 2 rings (SSSR count). The van der Waals surface area contributed by atoms with E-state index in [-0.39, 0.29) is 5.91 Å². The van der Waals surface area contributed by atoms with Crippen molar-refractivity contribution in [2.24, 2.45) is 0 Å². The Morgan fingerprint density at radius 1 is 0.926 bits per heavy atom. The number of nitrogens with zero attached hydrogens (tertiary/aromatic N) is 1. The van der Waals surface area contributed by atoms with Gasteiger partial charge in [0.25, 0.3) is 5.91 Å². The molecule has 2 aromatic rings. The summed E-state index contributed by atoms with van der Waals surface area (Å²) in [5, 5.41) is 2.99. The number of hydrogen-bond acceptors (Lipinski definition) is 3. The van der Waals surface area contributed by atoms with Crippen LogP contribution in [-0.4, -0.2) is 25.1 Å². The van der Waals surface area contributed by atoms with Gasteiger partial charge in [-0.1, -0.05) is 38.1 Å². The number of benzene rings is 2. The van der Waals surface area contributed by atoms with E-state index in [0.717, 1.165) is 30.8 Å². The molecule has 1 N–H and O–H groups in total. The molecule has 4 heteroatoms. The largest absolute Gasteiger partial charge is 0.481 e. The summed E-state index contributed by atoms with van der Waals surface area (Å²) in [6, 6.07) is 16.3. The maximum atomic E-state index is 12.5. The maximum absolute atomic E-state index is 12.5. The van der Waals surface area contributed by atoms with Gasteiger partial charge < -0.3 is 15.0 Å². The first-order chi connectivity index (χ1) is 13.1. The van der Waals surface area contributed by atoms with E-state index in [1.165, 1.54) is 11.3 Å². The Kier molecular flexibility index (Phi) is 8.18. The van der Waals surface area contributed by atoms with Crippen LogP contribution < -0.4 is 15.0 Å². The molecule has 0 radical (unpaired) electrons. The molecule has 0 aliphatic heterocycles. The van der Waals surface area contributed by atoms with Crippen LogP contribution in [0.1, 0.15) is 45.2 Å². The number of anilines is 1. The molecule has 27 heavy (non-hydrogen) atoms. The van der Waals surface area contributed by atoms with Crippen LogP contribution in [0.4, 0.5) is 5.69 Å². The topological polar surface area (TPSA) is 41.6 Å². The first kappa shape index (κ1) is 20.8. The Morgan fingerprint density at radius 3 is 2.04 bits per heavy atom. The lowest BCUT2D eigenvalue weighted by Gasteiger charge is -2.21. The quantitative estimate of drug-likeness (QED) is 0.668. The third-order valence-electron chi connectivity index (χ3n) is 4.80. The number of nitrogens with one attached hydrogen (secondary N) is 1. The van der Waals surface area contributed by atoms with Crippen LogP contribution in [0.2, 0.25) is 0 Å². The first-order valence-electron chi connectivity index (χ1n) is 9.98. The van der Waals surface area contributed by atoms with E-state index in [4.69, 9.17) is 4.74 Å². The maximum Gasteiger partial charge on any atom is 0.261 e. The Morgan fingerprint density at radius 2 is 1.52 bits per heavy atom. The molecular weight excluding hydrogens is 336 g/mol. The summed E-state index contributed by atoms with van der Waals surface area (Å²) in [6.45, 7) is 10.9. The number of amides is 1. The van der Waals surface area contributed by atoms with Gasteiger partial charge in [0, 0.05) is 25.3 Å². The van der Waals surface area contributed by atoms with Crippen molar-refractivity contribution in [2.75, 3.05) is 18.0 Å². The molecule has 1 unspecified atom stereocenters. The molecule has 0 aromatic heterocycles.